The van der Waals surface area contributed by atoms with E-state index in [-0.39, 0.29) is 5.82 Å². The molecule has 94 valence electrons. The molecule has 0 aromatic heterocycles. The van der Waals surface area contributed by atoms with E-state index in [0.29, 0.717) is 12.5 Å². The van der Waals surface area contributed by atoms with Crippen LogP contribution in [0.5, 0.6) is 0 Å². The van der Waals surface area contributed by atoms with Crippen LogP contribution in [0.25, 0.3) is 0 Å². The lowest BCUT2D eigenvalue weighted by atomic mass is 9.97. The Morgan fingerprint density at radius 1 is 1.35 bits per heavy atom. The largest absolute Gasteiger partial charge is 0.396 e. The van der Waals surface area contributed by atoms with Crippen molar-refractivity contribution in [2.75, 3.05) is 19.7 Å². The minimum absolute atomic E-state index is 0.209. The van der Waals surface area contributed by atoms with Crippen LogP contribution in [0.3, 0.4) is 0 Å². The number of hydrogen-bond donors (Lipinski definition) is 1. The van der Waals surface area contributed by atoms with Gasteiger partial charge in [-0.15, -0.1) is 0 Å². The first-order valence-corrected chi connectivity index (χ1v) is 6.75. The fraction of sp³-hybridized carbons (Fsp3) is 0.538. The number of hydrogen-bond acceptors (Lipinski definition) is 2. The third-order valence-corrected chi connectivity index (χ3v) is 4.11. The molecule has 0 atom stereocenters. The van der Waals surface area contributed by atoms with E-state index in [2.05, 4.69) is 20.8 Å². The summed E-state index contributed by atoms with van der Waals surface area (Å²) in [6.07, 6.45) is 2.10. The van der Waals surface area contributed by atoms with Crippen molar-refractivity contribution < 1.29 is 9.50 Å². The quantitative estimate of drug-likeness (QED) is 0.928. The van der Waals surface area contributed by atoms with Gasteiger partial charge in [0.15, 0.2) is 0 Å². The molecule has 1 aromatic carbocycles. The van der Waals surface area contributed by atoms with Crippen LogP contribution in [-0.4, -0.2) is 29.7 Å². The van der Waals surface area contributed by atoms with Crippen LogP contribution < -0.4 is 0 Å². The van der Waals surface area contributed by atoms with Crippen LogP contribution in [0, 0.1) is 11.7 Å². The SMILES string of the molecule is OCC1CCN(Cc2ccc(F)cc2Br)CC1. The smallest absolute Gasteiger partial charge is 0.124 e. The van der Waals surface area contributed by atoms with E-state index in [9.17, 15) is 4.39 Å². The molecule has 0 aliphatic carbocycles. The molecule has 0 bridgehead atoms. The predicted octanol–water partition coefficient (Wildman–Crippen LogP) is 2.79. The van der Waals surface area contributed by atoms with E-state index >= 15 is 0 Å². The Kier molecular flexibility index (Phi) is 4.54. The summed E-state index contributed by atoms with van der Waals surface area (Å²) in [5.41, 5.74) is 1.12. The molecule has 2 rings (SSSR count). The highest BCUT2D eigenvalue weighted by atomic mass is 79.9. The number of aliphatic hydroxyl groups excluding tert-OH is 1. The van der Waals surface area contributed by atoms with Crippen LogP contribution in [0.1, 0.15) is 18.4 Å². The van der Waals surface area contributed by atoms with Crippen molar-refractivity contribution in [3.8, 4) is 0 Å². The van der Waals surface area contributed by atoms with E-state index in [1.165, 1.54) is 12.1 Å². The maximum Gasteiger partial charge on any atom is 0.124 e. The van der Waals surface area contributed by atoms with Gasteiger partial charge in [-0.2, -0.15) is 0 Å². The minimum Gasteiger partial charge on any atom is -0.396 e. The van der Waals surface area contributed by atoms with E-state index in [1.54, 1.807) is 0 Å². The molecule has 1 heterocycles. The summed E-state index contributed by atoms with van der Waals surface area (Å²) in [6, 6.07) is 4.84. The summed E-state index contributed by atoms with van der Waals surface area (Å²) in [5, 5.41) is 9.07. The minimum atomic E-state index is -0.209. The standard InChI is InChI=1S/C13H17BrFNO/c14-13-7-12(15)2-1-11(13)8-16-5-3-10(9-17)4-6-16/h1-2,7,10,17H,3-6,8-9H2. The molecule has 1 aromatic rings. The molecule has 0 saturated carbocycles. The highest BCUT2D eigenvalue weighted by molar-refractivity contribution is 9.10. The zero-order chi connectivity index (χ0) is 12.3. The monoisotopic (exact) mass is 301 g/mol. The summed E-state index contributed by atoms with van der Waals surface area (Å²) in [4.78, 5) is 2.35. The lowest BCUT2D eigenvalue weighted by Crippen LogP contribution is -2.34. The van der Waals surface area contributed by atoms with Gasteiger partial charge in [-0.1, -0.05) is 22.0 Å². The molecule has 4 heteroatoms. The Morgan fingerprint density at radius 3 is 2.65 bits per heavy atom. The fourth-order valence-electron chi connectivity index (χ4n) is 2.22. The zero-order valence-corrected chi connectivity index (χ0v) is 11.3. The summed E-state index contributed by atoms with van der Waals surface area (Å²) in [6.45, 7) is 3.16. The molecule has 1 fully saturated rings. The molecule has 0 spiro atoms. The van der Waals surface area contributed by atoms with Gasteiger partial charge in [0.1, 0.15) is 5.82 Å². The lowest BCUT2D eigenvalue weighted by Gasteiger charge is -2.31. The van der Waals surface area contributed by atoms with Gasteiger partial charge >= 0.3 is 0 Å². The number of benzene rings is 1. The van der Waals surface area contributed by atoms with Crippen molar-refractivity contribution in [1.29, 1.82) is 0 Å². The molecule has 1 aliphatic rings. The van der Waals surface area contributed by atoms with Crippen LogP contribution in [0.4, 0.5) is 4.39 Å². The van der Waals surface area contributed by atoms with Crippen LogP contribution in [0.15, 0.2) is 22.7 Å². The average molecular weight is 302 g/mol. The van der Waals surface area contributed by atoms with Crippen molar-refractivity contribution in [3.05, 3.63) is 34.1 Å². The highest BCUT2D eigenvalue weighted by Gasteiger charge is 2.18. The number of rotatable bonds is 3. The van der Waals surface area contributed by atoms with E-state index in [0.717, 1.165) is 42.5 Å². The van der Waals surface area contributed by atoms with Crippen molar-refractivity contribution in [3.63, 3.8) is 0 Å². The topological polar surface area (TPSA) is 23.5 Å². The number of likely N-dealkylation sites (tertiary alicyclic amines) is 1. The summed E-state index contributed by atoms with van der Waals surface area (Å²) >= 11 is 3.39. The Labute approximate surface area is 110 Å². The van der Waals surface area contributed by atoms with Crippen LogP contribution in [-0.2, 0) is 6.54 Å². The first-order chi connectivity index (χ1) is 8.19. The van der Waals surface area contributed by atoms with Crippen LogP contribution in [0.2, 0.25) is 0 Å². The fourth-order valence-corrected chi connectivity index (χ4v) is 2.69. The Bertz CT molecular complexity index is 378. The van der Waals surface area contributed by atoms with Gasteiger partial charge in [0.2, 0.25) is 0 Å². The lowest BCUT2D eigenvalue weighted by molar-refractivity contribution is 0.127. The summed E-state index contributed by atoms with van der Waals surface area (Å²) < 4.78 is 13.8. The van der Waals surface area contributed by atoms with Crippen LogP contribution >= 0.6 is 15.9 Å². The van der Waals surface area contributed by atoms with Crippen molar-refractivity contribution in [1.82, 2.24) is 4.90 Å². The molecular formula is C13H17BrFNO. The molecule has 0 radical (unpaired) electrons. The summed E-state index contributed by atoms with van der Waals surface area (Å²) in [5.74, 6) is 0.252. The van der Waals surface area contributed by atoms with E-state index in [4.69, 9.17) is 5.11 Å². The van der Waals surface area contributed by atoms with Gasteiger partial charge in [0.05, 0.1) is 0 Å². The first-order valence-electron chi connectivity index (χ1n) is 5.96. The number of nitrogens with zero attached hydrogens (tertiary/aromatic N) is 1. The average Bonchev–Trinajstić information content (AvgIpc) is 2.34. The number of piperidine rings is 1. The maximum atomic E-state index is 13.0. The predicted molar refractivity (Wildman–Crippen MR) is 69.2 cm³/mol. The molecule has 1 N–H and O–H groups in total. The molecule has 0 amide bonds. The summed E-state index contributed by atoms with van der Waals surface area (Å²) in [7, 11) is 0. The van der Waals surface area contributed by atoms with Gasteiger partial charge < -0.3 is 5.11 Å². The molecule has 2 nitrogen and oxygen atoms in total. The molecule has 1 aliphatic heterocycles. The second-order valence-corrected chi connectivity index (χ2v) is 5.49. The van der Waals surface area contributed by atoms with Crippen molar-refractivity contribution in [2.24, 2.45) is 5.92 Å². The third kappa shape index (κ3) is 3.50. The van der Waals surface area contributed by atoms with E-state index < -0.39 is 0 Å². The number of aliphatic hydroxyl groups is 1. The van der Waals surface area contributed by atoms with Gasteiger partial charge in [-0.3, -0.25) is 4.90 Å². The Hall–Kier alpha value is -0.450. The van der Waals surface area contributed by atoms with E-state index in [1.807, 2.05) is 6.07 Å². The highest BCUT2D eigenvalue weighted by Crippen LogP contribution is 2.23. The van der Waals surface area contributed by atoms with Gasteiger partial charge in [0.25, 0.3) is 0 Å². The second-order valence-electron chi connectivity index (χ2n) is 4.64. The molecule has 0 unspecified atom stereocenters. The zero-order valence-electron chi connectivity index (χ0n) is 9.70. The Balaban J connectivity index is 1.93. The normalized spacial score (nSPS) is 18.5. The second kappa shape index (κ2) is 5.94. The first kappa shape index (κ1) is 13.0. The molecule has 1 saturated heterocycles. The van der Waals surface area contributed by atoms with Crippen molar-refractivity contribution >= 4 is 15.9 Å². The van der Waals surface area contributed by atoms with Gasteiger partial charge in [0, 0.05) is 17.6 Å². The molecule has 17 heavy (non-hydrogen) atoms. The maximum absolute atomic E-state index is 13.0. The van der Waals surface area contributed by atoms with Gasteiger partial charge in [-0.25, -0.2) is 4.39 Å². The number of halogens is 2. The molecular weight excluding hydrogens is 285 g/mol. The Morgan fingerprint density at radius 2 is 2.06 bits per heavy atom. The van der Waals surface area contributed by atoms with Gasteiger partial charge in [-0.05, 0) is 49.5 Å². The third-order valence-electron chi connectivity index (χ3n) is 3.37. The van der Waals surface area contributed by atoms with Crippen molar-refractivity contribution in [2.45, 2.75) is 19.4 Å².